The van der Waals surface area contributed by atoms with Gasteiger partial charge in [0, 0.05) is 42.7 Å². The number of nitro groups is 1. The molecule has 4 aromatic rings. The molecule has 1 aromatic carbocycles. The van der Waals surface area contributed by atoms with Gasteiger partial charge in [0.25, 0.3) is 11.6 Å². The van der Waals surface area contributed by atoms with Crippen molar-refractivity contribution in [2.75, 3.05) is 6.61 Å². The third kappa shape index (κ3) is 4.16. The first-order chi connectivity index (χ1) is 15.8. The third-order valence-corrected chi connectivity index (χ3v) is 5.44. The molecule has 0 radical (unpaired) electrons. The molecule has 33 heavy (non-hydrogen) atoms. The number of hydrogen-bond acceptors (Lipinski definition) is 8. The van der Waals surface area contributed by atoms with E-state index in [1.807, 2.05) is 14.0 Å². The van der Waals surface area contributed by atoms with E-state index in [2.05, 4.69) is 20.5 Å². The van der Waals surface area contributed by atoms with Crippen LogP contribution in [0.2, 0.25) is 0 Å². The van der Waals surface area contributed by atoms with Crippen LogP contribution in [-0.2, 0) is 7.05 Å². The maximum atomic E-state index is 12.8. The van der Waals surface area contributed by atoms with E-state index in [0.717, 1.165) is 11.3 Å². The number of non-ortho nitro benzene ring substituents is 1. The zero-order chi connectivity index (χ0) is 23.7. The number of benzene rings is 1. The average Bonchev–Trinajstić information content (AvgIpc) is 3.40. The fourth-order valence-corrected chi connectivity index (χ4v) is 3.45. The summed E-state index contributed by atoms with van der Waals surface area (Å²) in [5.41, 5.74) is 3.12. The molecule has 3 heterocycles. The summed E-state index contributed by atoms with van der Waals surface area (Å²) in [5, 5.41) is 42.3. The van der Waals surface area contributed by atoms with Gasteiger partial charge in [-0.25, -0.2) is 9.50 Å². The Balaban J connectivity index is 1.58. The number of carbonyl (C=O) groups excluding carboxylic acids is 1. The Labute approximate surface area is 187 Å². The first-order valence-corrected chi connectivity index (χ1v) is 9.98. The smallest absolute Gasteiger partial charge is 0.272 e. The second-order valence-electron chi connectivity index (χ2n) is 7.45. The van der Waals surface area contributed by atoms with Crippen molar-refractivity contribution in [2.24, 2.45) is 7.05 Å². The largest absolute Gasteiger partial charge is 0.394 e. The van der Waals surface area contributed by atoms with Crippen LogP contribution in [-0.4, -0.2) is 58.1 Å². The van der Waals surface area contributed by atoms with Crippen molar-refractivity contribution in [3.05, 3.63) is 75.9 Å². The summed E-state index contributed by atoms with van der Waals surface area (Å²) >= 11 is 0. The van der Waals surface area contributed by atoms with Gasteiger partial charge >= 0.3 is 0 Å². The van der Waals surface area contributed by atoms with E-state index in [9.17, 15) is 25.1 Å². The van der Waals surface area contributed by atoms with E-state index in [-0.39, 0.29) is 11.4 Å². The monoisotopic (exact) mass is 451 g/mol. The number of nitrogens with one attached hydrogen (secondary N) is 1. The van der Waals surface area contributed by atoms with Crippen LogP contribution in [0, 0.1) is 17.0 Å². The minimum atomic E-state index is -1.29. The van der Waals surface area contributed by atoms with Crippen LogP contribution in [0.3, 0.4) is 0 Å². The van der Waals surface area contributed by atoms with Gasteiger partial charge in [0.05, 0.1) is 29.5 Å². The molecule has 2 atom stereocenters. The zero-order valence-electron chi connectivity index (χ0n) is 17.8. The van der Waals surface area contributed by atoms with Gasteiger partial charge in [-0.1, -0.05) is 0 Å². The van der Waals surface area contributed by atoms with Crippen LogP contribution in [0.15, 0.2) is 48.8 Å². The second kappa shape index (κ2) is 8.76. The van der Waals surface area contributed by atoms with Gasteiger partial charge < -0.3 is 15.5 Å². The van der Waals surface area contributed by atoms with Gasteiger partial charge in [0.2, 0.25) is 0 Å². The van der Waals surface area contributed by atoms with E-state index in [0.29, 0.717) is 16.9 Å². The molecule has 12 heteroatoms. The molecule has 0 spiro atoms. The van der Waals surface area contributed by atoms with Gasteiger partial charge in [0.15, 0.2) is 11.3 Å². The first-order valence-electron chi connectivity index (χ1n) is 9.98. The Morgan fingerprint density at radius 1 is 1.27 bits per heavy atom. The maximum absolute atomic E-state index is 12.8. The Hall–Kier alpha value is -4.16. The van der Waals surface area contributed by atoms with E-state index >= 15 is 0 Å². The SMILES string of the molecule is Cc1c(-c2ccnc3cc(C(=O)NC(CO)C(O)c4ccc([N+](=O)[O-])cc4)nn23)cnn1C. The standard InChI is InChI=1S/C21H21N7O5/c1-12-15(10-23-26(12)2)18-7-8-22-19-9-16(25-27(18)19)21(31)24-17(11-29)20(30)13-3-5-14(6-4-13)28(32)33/h3-10,17,20,29-30H,11H2,1-2H3,(H,24,31). The highest BCUT2D eigenvalue weighted by Crippen LogP contribution is 2.24. The van der Waals surface area contributed by atoms with Crippen molar-refractivity contribution in [3.63, 3.8) is 0 Å². The van der Waals surface area contributed by atoms with Crippen LogP contribution in [0.1, 0.15) is 27.8 Å². The fourth-order valence-electron chi connectivity index (χ4n) is 3.45. The predicted octanol–water partition coefficient (Wildman–Crippen LogP) is 1.17. The Bertz CT molecular complexity index is 1330. The van der Waals surface area contributed by atoms with Crippen molar-refractivity contribution in [2.45, 2.75) is 19.1 Å². The molecule has 0 aliphatic carbocycles. The predicted molar refractivity (Wildman–Crippen MR) is 116 cm³/mol. The van der Waals surface area contributed by atoms with Crippen molar-refractivity contribution >= 4 is 17.2 Å². The molecule has 0 aliphatic heterocycles. The molecule has 3 N–H and O–H groups in total. The van der Waals surface area contributed by atoms with Crippen molar-refractivity contribution in [3.8, 4) is 11.3 Å². The van der Waals surface area contributed by atoms with Gasteiger partial charge in [0.1, 0.15) is 6.10 Å². The minimum Gasteiger partial charge on any atom is -0.394 e. The highest BCUT2D eigenvalue weighted by molar-refractivity contribution is 5.93. The lowest BCUT2D eigenvalue weighted by Crippen LogP contribution is -2.42. The summed E-state index contributed by atoms with van der Waals surface area (Å²) < 4.78 is 3.25. The fraction of sp³-hybridized carbons (Fsp3) is 0.238. The summed E-state index contributed by atoms with van der Waals surface area (Å²) in [4.78, 5) is 27.3. The van der Waals surface area contributed by atoms with Crippen molar-refractivity contribution < 1.29 is 19.9 Å². The Kier molecular flexibility index (Phi) is 5.85. The topological polar surface area (TPSA) is 161 Å². The van der Waals surface area contributed by atoms with Gasteiger partial charge in [-0.05, 0) is 30.7 Å². The molecule has 3 aromatic heterocycles. The number of nitrogens with zero attached hydrogens (tertiary/aromatic N) is 6. The number of carbonyl (C=O) groups is 1. The van der Waals surface area contributed by atoms with Crippen molar-refractivity contribution in [1.82, 2.24) is 29.7 Å². The molecule has 4 rings (SSSR count). The number of hydrogen-bond donors (Lipinski definition) is 3. The first kappa shape index (κ1) is 22.0. The Morgan fingerprint density at radius 3 is 2.61 bits per heavy atom. The molecule has 2 unspecified atom stereocenters. The summed E-state index contributed by atoms with van der Waals surface area (Å²) in [5.74, 6) is -0.616. The number of aromatic nitrogens is 5. The molecule has 0 aliphatic rings. The van der Waals surface area contributed by atoms with Crippen LogP contribution in [0.5, 0.6) is 0 Å². The van der Waals surface area contributed by atoms with Crippen LogP contribution < -0.4 is 5.32 Å². The summed E-state index contributed by atoms with van der Waals surface area (Å²) in [7, 11) is 1.82. The number of nitro benzene ring substituents is 1. The average molecular weight is 451 g/mol. The lowest BCUT2D eigenvalue weighted by molar-refractivity contribution is -0.384. The highest BCUT2D eigenvalue weighted by Gasteiger charge is 2.25. The van der Waals surface area contributed by atoms with Gasteiger partial charge in [-0.2, -0.15) is 10.2 Å². The number of fused-ring (bicyclic) bond motifs is 1. The maximum Gasteiger partial charge on any atom is 0.272 e. The molecule has 170 valence electrons. The number of aryl methyl sites for hydroxylation is 1. The Morgan fingerprint density at radius 2 is 2.00 bits per heavy atom. The summed E-state index contributed by atoms with van der Waals surface area (Å²) in [6.45, 7) is 1.35. The molecular formula is C21H21N7O5. The third-order valence-electron chi connectivity index (χ3n) is 5.44. The molecule has 12 nitrogen and oxygen atoms in total. The molecule has 0 saturated carbocycles. The lowest BCUT2D eigenvalue weighted by atomic mass is 10.0. The number of rotatable bonds is 7. The van der Waals surface area contributed by atoms with Gasteiger partial charge in [-0.3, -0.25) is 19.6 Å². The molecule has 0 saturated heterocycles. The quantitative estimate of drug-likeness (QED) is 0.279. The van der Waals surface area contributed by atoms with E-state index in [1.54, 1.807) is 23.1 Å². The zero-order valence-corrected chi connectivity index (χ0v) is 17.8. The normalized spacial score (nSPS) is 13.1. The number of aliphatic hydroxyl groups is 2. The lowest BCUT2D eigenvalue weighted by Gasteiger charge is -2.22. The number of aliphatic hydroxyl groups excluding tert-OH is 2. The van der Waals surface area contributed by atoms with E-state index < -0.39 is 29.6 Å². The van der Waals surface area contributed by atoms with Gasteiger partial charge in [-0.15, -0.1) is 0 Å². The van der Waals surface area contributed by atoms with E-state index in [4.69, 9.17) is 0 Å². The van der Waals surface area contributed by atoms with Crippen LogP contribution in [0.25, 0.3) is 16.9 Å². The van der Waals surface area contributed by atoms with E-state index in [1.165, 1.54) is 34.8 Å². The summed E-state index contributed by atoms with van der Waals surface area (Å²) in [6.07, 6.45) is 2.02. The number of amides is 1. The van der Waals surface area contributed by atoms with Crippen LogP contribution >= 0.6 is 0 Å². The minimum absolute atomic E-state index is 0.0471. The molecule has 0 bridgehead atoms. The molecule has 0 fully saturated rings. The molecule has 1 amide bonds. The molecular weight excluding hydrogens is 430 g/mol. The van der Waals surface area contributed by atoms with Crippen molar-refractivity contribution in [1.29, 1.82) is 0 Å². The second-order valence-corrected chi connectivity index (χ2v) is 7.45. The summed E-state index contributed by atoms with van der Waals surface area (Å²) in [6, 6.07) is 7.42. The highest BCUT2D eigenvalue weighted by atomic mass is 16.6. The van der Waals surface area contributed by atoms with Crippen LogP contribution in [0.4, 0.5) is 5.69 Å².